The van der Waals surface area contributed by atoms with E-state index in [2.05, 4.69) is 17.5 Å². The van der Waals surface area contributed by atoms with Gasteiger partial charge in [-0.3, -0.25) is 4.79 Å². The first-order chi connectivity index (χ1) is 6.83. The molecule has 3 N–H and O–H groups in total. The molecule has 0 atom stereocenters. The highest BCUT2D eigenvalue weighted by atomic mass is 16.1. The average Bonchev–Trinajstić information content (AvgIpc) is 2.65. The number of carbonyl (C=O) groups excluding carboxylic acids is 1. The lowest BCUT2D eigenvalue weighted by molar-refractivity contribution is -0.121. The third kappa shape index (κ3) is 4.42. The summed E-state index contributed by atoms with van der Waals surface area (Å²) in [5.74, 6) is 0.190. The molecular formula is C11H20N2O. The van der Waals surface area contributed by atoms with Gasteiger partial charge >= 0.3 is 0 Å². The zero-order valence-corrected chi connectivity index (χ0v) is 8.67. The standard InChI is InChI=1S/C11H20N2O/c12-9-5-1-2-8-11(14)13-10-6-3-4-7-10/h3-4,10H,1-2,5-9,12H2,(H,13,14). The number of hydrogen-bond donors (Lipinski definition) is 2. The molecule has 3 nitrogen and oxygen atoms in total. The molecule has 80 valence electrons. The fourth-order valence-electron chi connectivity index (χ4n) is 1.64. The number of nitrogens with one attached hydrogen (secondary N) is 1. The molecule has 0 unspecified atom stereocenters. The van der Waals surface area contributed by atoms with E-state index in [4.69, 9.17) is 5.73 Å². The van der Waals surface area contributed by atoms with Gasteiger partial charge in [0, 0.05) is 12.5 Å². The molecule has 3 heteroatoms. The van der Waals surface area contributed by atoms with Crippen LogP contribution in [0.5, 0.6) is 0 Å². The zero-order valence-electron chi connectivity index (χ0n) is 8.67. The Morgan fingerprint density at radius 1 is 1.29 bits per heavy atom. The number of hydrogen-bond acceptors (Lipinski definition) is 2. The van der Waals surface area contributed by atoms with Gasteiger partial charge in [-0.1, -0.05) is 18.6 Å². The Bertz CT molecular complexity index is 193. The van der Waals surface area contributed by atoms with Gasteiger partial charge in [0.05, 0.1) is 0 Å². The zero-order chi connectivity index (χ0) is 10.2. The molecule has 0 saturated heterocycles. The molecule has 0 fully saturated rings. The second-order valence-electron chi connectivity index (χ2n) is 3.81. The van der Waals surface area contributed by atoms with E-state index in [9.17, 15) is 4.79 Å². The third-order valence-electron chi connectivity index (χ3n) is 2.48. The van der Waals surface area contributed by atoms with Crippen molar-refractivity contribution in [1.82, 2.24) is 5.32 Å². The number of carbonyl (C=O) groups is 1. The maximum atomic E-state index is 11.4. The second kappa shape index (κ2) is 6.60. The summed E-state index contributed by atoms with van der Waals surface area (Å²) < 4.78 is 0. The molecule has 0 radical (unpaired) electrons. The summed E-state index contributed by atoms with van der Waals surface area (Å²) in [5.41, 5.74) is 5.37. The van der Waals surface area contributed by atoms with Crippen LogP contribution in [0.4, 0.5) is 0 Å². The lowest BCUT2D eigenvalue weighted by Crippen LogP contribution is -2.32. The van der Waals surface area contributed by atoms with Crippen LogP contribution in [0.15, 0.2) is 12.2 Å². The highest BCUT2D eigenvalue weighted by Gasteiger charge is 2.12. The summed E-state index contributed by atoms with van der Waals surface area (Å²) in [5, 5.41) is 3.02. The van der Waals surface area contributed by atoms with Crippen molar-refractivity contribution in [3.63, 3.8) is 0 Å². The Labute approximate surface area is 85.7 Å². The van der Waals surface area contributed by atoms with Crippen molar-refractivity contribution in [2.24, 2.45) is 5.73 Å². The van der Waals surface area contributed by atoms with Crippen molar-refractivity contribution < 1.29 is 4.79 Å². The highest BCUT2D eigenvalue weighted by Crippen LogP contribution is 2.09. The van der Waals surface area contributed by atoms with Gasteiger partial charge in [-0.2, -0.15) is 0 Å². The SMILES string of the molecule is NCCCCCC(=O)NC1CC=CC1. The Hall–Kier alpha value is -0.830. The smallest absolute Gasteiger partial charge is 0.220 e. The summed E-state index contributed by atoms with van der Waals surface area (Å²) in [6.45, 7) is 0.730. The van der Waals surface area contributed by atoms with Crippen molar-refractivity contribution in [3.05, 3.63) is 12.2 Å². The van der Waals surface area contributed by atoms with E-state index in [0.29, 0.717) is 12.5 Å². The predicted octanol–water partition coefficient (Wildman–Crippen LogP) is 1.34. The van der Waals surface area contributed by atoms with Crippen molar-refractivity contribution in [1.29, 1.82) is 0 Å². The minimum atomic E-state index is 0.190. The minimum Gasteiger partial charge on any atom is -0.353 e. The first kappa shape index (κ1) is 11.2. The molecule has 1 amide bonds. The fraction of sp³-hybridized carbons (Fsp3) is 0.727. The fourth-order valence-corrected chi connectivity index (χ4v) is 1.64. The summed E-state index contributed by atoms with van der Waals surface area (Å²) >= 11 is 0. The Balaban J connectivity index is 1.98. The van der Waals surface area contributed by atoms with Crippen molar-refractivity contribution in [3.8, 4) is 0 Å². The lowest BCUT2D eigenvalue weighted by Gasteiger charge is -2.11. The molecule has 0 aliphatic heterocycles. The quantitative estimate of drug-likeness (QED) is 0.497. The Morgan fingerprint density at radius 2 is 2.00 bits per heavy atom. The van der Waals surface area contributed by atoms with Gasteiger partial charge in [-0.15, -0.1) is 0 Å². The largest absolute Gasteiger partial charge is 0.353 e. The molecule has 0 saturated carbocycles. The first-order valence-corrected chi connectivity index (χ1v) is 5.47. The van der Waals surface area contributed by atoms with Crippen LogP contribution in [-0.2, 0) is 4.79 Å². The van der Waals surface area contributed by atoms with E-state index in [1.54, 1.807) is 0 Å². The van der Waals surface area contributed by atoms with Crippen LogP contribution < -0.4 is 11.1 Å². The number of rotatable bonds is 6. The highest BCUT2D eigenvalue weighted by molar-refractivity contribution is 5.76. The number of unbranched alkanes of at least 4 members (excludes halogenated alkanes) is 2. The van der Waals surface area contributed by atoms with E-state index < -0.39 is 0 Å². The van der Waals surface area contributed by atoms with Crippen LogP contribution in [0, 0.1) is 0 Å². The molecule has 0 aromatic heterocycles. The van der Waals surface area contributed by atoms with Crippen LogP contribution in [0.2, 0.25) is 0 Å². The predicted molar refractivity (Wildman–Crippen MR) is 57.8 cm³/mol. The number of nitrogens with two attached hydrogens (primary N) is 1. The molecule has 1 aliphatic rings. The Morgan fingerprint density at radius 3 is 2.64 bits per heavy atom. The molecule has 0 bridgehead atoms. The maximum absolute atomic E-state index is 11.4. The van der Waals surface area contributed by atoms with E-state index in [-0.39, 0.29) is 5.91 Å². The summed E-state index contributed by atoms with van der Waals surface area (Å²) in [7, 11) is 0. The van der Waals surface area contributed by atoms with Crippen molar-refractivity contribution in [2.45, 2.75) is 44.6 Å². The average molecular weight is 196 g/mol. The topological polar surface area (TPSA) is 55.1 Å². The number of amides is 1. The third-order valence-corrected chi connectivity index (χ3v) is 2.48. The van der Waals surface area contributed by atoms with Gasteiger partial charge in [0.25, 0.3) is 0 Å². The molecular weight excluding hydrogens is 176 g/mol. The molecule has 0 spiro atoms. The second-order valence-corrected chi connectivity index (χ2v) is 3.81. The van der Waals surface area contributed by atoms with Gasteiger partial charge in [0.2, 0.25) is 5.91 Å². The molecule has 0 aromatic carbocycles. The monoisotopic (exact) mass is 196 g/mol. The van der Waals surface area contributed by atoms with Crippen LogP contribution in [0.3, 0.4) is 0 Å². The van der Waals surface area contributed by atoms with Crippen LogP contribution in [0.1, 0.15) is 38.5 Å². The van der Waals surface area contributed by atoms with E-state index in [1.807, 2.05) is 0 Å². The van der Waals surface area contributed by atoms with Crippen molar-refractivity contribution >= 4 is 5.91 Å². The van der Waals surface area contributed by atoms with E-state index in [1.165, 1.54) is 0 Å². The van der Waals surface area contributed by atoms with Crippen LogP contribution in [-0.4, -0.2) is 18.5 Å². The normalized spacial score (nSPS) is 16.1. The molecule has 14 heavy (non-hydrogen) atoms. The molecule has 0 aromatic rings. The first-order valence-electron chi connectivity index (χ1n) is 5.47. The van der Waals surface area contributed by atoms with Gasteiger partial charge in [-0.05, 0) is 32.2 Å². The van der Waals surface area contributed by atoms with Crippen LogP contribution >= 0.6 is 0 Å². The summed E-state index contributed by atoms with van der Waals surface area (Å²) in [6.07, 6.45) is 9.94. The maximum Gasteiger partial charge on any atom is 0.220 e. The van der Waals surface area contributed by atoms with Gasteiger partial charge in [0.1, 0.15) is 0 Å². The van der Waals surface area contributed by atoms with Gasteiger partial charge in [-0.25, -0.2) is 0 Å². The lowest BCUT2D eigenvalue weighted by atomic mass is 10.1. The minimum absolute atomic E-state index is 0.190. The van der Waals surface area contributed by atoms with Crippen LogP contribution in [0.25, 0.3) is 0 Å². The van der Waals surface area contributed by atoms with Crippen molar-refractivity contribution in [2.75, 3.05) is 6.54 Å². The molecule has 0 heterocycles. The van der Waals surface area contributed by atoms with E-state index >= 15 is 0 Å². The van der Waals surface area contributed by atoms with E-state index in [0.717, 1.165) is 38.6 Å². The Kier molecular flexibility index (Phi) is 5.30. The molecule has 1 rings (SSSR count). The summed E-state index contributed by atoms with van der Waals surface area (Å²) in [6, 6.07) is 0.358. The summed E-state index contributed by atoms with van der Waals surface area (Å²) in [4.78, 5) is 11.4. The van der Waals surface area contributed by atoms with Gasteiger partial charge in [0.15, 0.2) is 0 Å². The molecule has 1 aliphatic carbocycles. The van der Waals surface area contributed by atoms with Gasteiger partial charge < -0.3 is 11.1 Å².